The highest BCUT2D eigenvalue weighted by Crippen LogP contribution is 2.42. The molecule has 3 aromatic carbocycles. The maximum absolute atomic E-state index is 13.0. The van der Waals surface area contributed by atoms with Gasteiger partial charge >= 0.3 is 0 Å². The van der Waals surface area contributed by atoms with E-state index in [4.69, 9.17) is 4.52 Å². The lowest BCUT2D eigenvalue weighted by Gasteiger charge is -2.21. The number of carbonyl (C=O) groups is 1. The van der Waals surface area contributed by atoms with Gasteiger partial charge in [-0.2, -0.15) is 4.98 Å². The van der Waals surface area contributed by atoms with E-state index in [1.54, 1.807) is 11.8 Å². The third kappa shape index (κ3) is 3.11. The van der Waals surface area contributed by atoms with Crippen LogP contribution in [-0.4, -0.2) is 22.6 Å². The Bertz CT molecular complexity index is 1200. The predicted octanol–water partition coefficient (Wildman–Crippen LogP) is 5.53. The van der Waals surface area contributed by atoms with Gasteiger partial charge in [0.2, 0.25) is 5.82 Å². The van der Waals surface area contributed by atoms with E-state index in [1.807, 2.05) is 84.6 Å². The van der Waals surface area contributed by atoms with Gasteiger partial charge in [-0.05, 0) is 49.4 Å². The lowest BCUT2D eigenvalue weighted by Crippen LogP contribution is -2.30. The van der Waals surface area contributed by atoms with E-state index < -0.39 is 0 Å². The third-order valence-electron chi connectivity index (χ3n) is 4.85. The molecule has 0 atom stereocenters. The van der Waals surface area contributed by atoms with Crippen molar-refractivity contribution < 1.29 is 9.32 Å². The van der Waals surface area contributed by atoms with Gasteiger partial charge in [0.15, 0.2) is 0 Å². The molecule has 5 nitrogen and oxygen atoms in total. The second kappa shape index (κ2) is 7.22. The Kier molecular flexibility index (Phi) is 4.41. The molecule has 0 aliphatic carbocycles. The van der Waals surface area contributed by atoms with Crippen LogP contribution in [0, 0.1) is 0 Å². The van der Waals surface area contributed by atoms with Crippen LogP contribution >= 0.6 is 11.8 Å². The highest BCUT2D eigenvalue weighted by molar-refractivity contribution is 7.99. The summed E-state index contributed by atoms with van der Waals surface area (Å²) in [5.41, 5.74) is 3.36. The summed E-state index contributed by atoms with van der Waals surface area (Å²) >= 11 is 1.59. The zero-order valence-corrected chi connectivity index (χ0v) is 16.5. The second-order valence-corrected chi connectivity index (χ2v) is 7.70. The van der Waals surface area contributed by atoms with Gasteiger partial charge in [0, 0.05) is 27.5 Å². The van der Waals surface area contributed by atoms with Gasteiger partial charge in [-0.15, -0.1) is 0 Å². The van der Waals surface area contributed by atoms with E-state index in [2.05, 4.69) is 10.1 Å². The van der Waals surface area contributed by atoms with Crippen molar-refractivity contribution in [2.45, 2.75) is 16.7 Å². The predicted molar refractivity (Wildman–Crippen MR) is 113 cm³/mol. The van der Waals surface area contributed by atoms with Crippen LogP contribution in [0.5, 0.6) is 0 Å². The minimum absolute atomic E-state index is 0.0213. The number of anilines is 1. The van der Waals surface area contributed by atoms with Crippen LogP contribution in [0.2, 0.25) is 0 Å². The van der Waals surface area contributed by atoms with Crippen molar-refractivity contribution in [2.24, 2.45) is 0 Å². The molecule has 0 bridgehead atoms. The summed E-state index contributed by atoms with van der Waals surface area (Å²) in [5, 5.41) is 4.16. The summed E-state index contributed by atoms with van der Waals surface area (Å²) in [6.45, 7) is 2.58. The Labute approximate surface area is 172 Å². The van der Waals surface area contributed by atoms with Crippen molar-refractivity contribution in [1.82, 2.24) is 10.1 Å². The van der Waals surface area contributed by atoms with E-state index >= 15 is 0 Å². The smallest absolute Gasteiger partial charge is 0.259 e. The summed E-state index contributed by atoms with van der Waals surface area (Å²) in [6.07, 6.45) is 0. The maximum Gasteiger partial charge on any atom is 0.259 e. The summed E-state index contributed by atoms with van der Waals surface area (Å²) in [6, 6.07) is 23.3. The summed E-state index contributed by atoms with van der Waals surface area (Å²) < 4.78 is 5.46. The second-order valence-electron chi connectivity index (χ2n) is 6.62. The first kappa shape index (κ1) is 17.7. The molecular formula is C23H17N3O2S. The largest absolute Gasteiger partial charge is 0.334 e. The average molecular weight is 399 g/mol. The lowest BCUT2D eigenvalue weighted by molar-refractivity contribution is 0.0985. The molecule has 6 heteroatoms. The van der Waals surface area contributed by atoms with Gasteiger partial charge < -0.3 is 9.42 Å². The number of aromatic nitrogens is 2. The molecule has 1 aliphatic rings. The first-order valence-electron chi connectivity index (χ1n) is 9.37. The van der Waals surface area contributed by atoms with E-state index in [0.29, 0.717) is 18.3 Å². The van der Waals surface area contributed by atoms with E-state index in [-0.39, 0.29) is 5.91 Å². The highest BCUT2D eigenvalue weighted by atomic mass is 32.2. The molecule has 0 saturated heterocycles. The summed E-state index contributed by atoms with van der Waals surface area (Å²) in [5.74, 6) is 1.03. The van der Waals surface area contributed by atoms with Gasteiger partial charge in [0.25, 0.3) is 11.8 Å². The topological polar surface area (TPSA) is 59.2 Å². The Morgan fingerprint density at radius 1 is 0.931 bits per heavy atom. The molecule has 0 N–H and O–H groups in total. The first-order valence-corrected chi connectivity index (χ1v) is 10.2. The number of carbonyl (C=O) groups excluding carboxylic acids is 1. The molecule has 1 aromatic heterocycles. The van der Waals surface area contributed by atoms with E-state index in [0.717, 1.165) is 32.2 Å². The van der Waals surface area contributed by atoms with Crippen LogP contribution in [0.15, 0.2) is 87.1 Å². The fourth-order valence-corrected chi connectivity index (χ4v) is 4.53. The molecule has 2 heterocycles. The van der Waals surface area contributed by atoms with Crippen molar-refractivity contribution in [1.29, 1.82) is 0 Å². The van der Waals surface area contributed by atoms with Gasteiger partial charge in [-0.3, -0.25) is 4.79 Å². The molecule has 0 spiro atoms. The monoisotopic (exact) mass is 399 g/mol. The fourth-order valence-electron chi connectivity index (χ4n) is 3.42. The number of benzene rings is 3. The molecule has 0 saturated carbocycles. The highest BCUT2D eigenvalue weighted by Gasteiger charge is 2.26. The fraction of sp³-hybridized carbons (Fsp3) is 0.0870. The average Bonchev–Trinajstić information content (AvgIpc) is 3.22. The summed E-state index contributed by atoms with van der Waals surface area (Å²) in [7, 11) is 0. The molecule has 0 radical (unpaired) electrons. The molecule has 4 aromatic rings. The van der Waals surface area contributed by atoms with E-state index in [9.17, 15) is 4.79 Å². The first-order chi connectivity index (χ1) is 14.2. The molecule has 5 rings (SSSR count). The van der Waals surface area contributed by atoms with Gasteiger partial charge in [0.1, 0.15) is 0 Å². The Balaban J connectivity index is 1.58. The Morgan fingerprint density at radius 2 is 1.72 bits per heavy atom. The minimum Gasteiger partial charge on any atom is -0.334 e. The molecule has 29 heavy (non-hydrogen) atoms. The molecular weight excluding hydrogens is 382 g/mol. The van der Waals surface area contributed by atoms with Crippen molar-refractivity contribution in [3.05, 3.63) is 78.4 Å². The molecule has 0 fully saturated rings. The van der Waals surface area contributed by atoms with Crippen molar-refractivity contribution >= 4 is 23.4 Å². The van der Waals surface area contributed by atoms with Crippen molar-refractivity contribution in [3.63, 3.8) is 0 Å². The number of rotatable bonds is 3. The van der Waals surface area contributed by atoms with Crippen LogP contribution in [0.3, 0.4) is 0 Å². The molecule has 1 aliphatic heterocycles. The third-order valence-corrected chi connectivity index (χ3v) is 5.98. The van der Waals surface area contributed by atoms with Crippen LogP contribution < -0.4 is 4.90 Å². The minimum atomic E-state index is 0.0213. The van der Waals surface area contributed by atoms with Crippen LogP contribution in [-0.2, 0) is 0 Å². The number of hydrogen-bond donors (Lipinski definition) is 0. The quantitative estimate of drug-likeness (QED) is 0.453. The van der Waals surface area contributed by atoms with Crippen molar-refractivity contribution in [3.8, 4) is 22.8 Å². The normalized spacial score (nSPS) is 13.0. The molecule has 142 valence electrons. The zero-order chi connectivity index (χ0) is 19.8. The van der Waals surface area contributed by atoms with Crippen LogP contribution in [0.1, 0.15) is 17.3 Å². The molecule has 1 amide bonds. The Morgan fingerprint density at radius 3 is 2.55 bits per heavy atom. The van der Waals surface area contributed by atoms with Crippen LogP contribution in [0.4, 0.5) is 5.69 Å². The SMILES string of the molecule is CCN1C(=O)c2ccccc2Sc2cc(-c3noc(-c4ccccc4)n3)ccc21. The zero-order valence-electron chi connectivity index (χ0n) is 15.7. The Hall–Kier alpha value is -3.38. The summed E-state index contributed by atoms with van der Waals surface area (Å²) in [4.78, 5) is 21.3. The number of nitrogens with zero attached hydrogens (tertiary/aromatic N) is 3. The van der Waals surface area contributed by atoms with E-state index in [1.165, 1.54) is 0 Å². The van der Waals surface area contributed by atoms with Gasteiger partial charge in [0.05, 0.1) is 11.3 Å². The van der Waals surface area contributed by atoms with Gasteiger partial charge in [-0.25, -0.2) is 0 Å². The standard InChI is InChI=1S/C23H17N3O2S/c1-2-26-18-13-12-16(21-24-22(28-25-21)15-8-4-3-5-9-15)14-20(18)29-19-11-7-6-10-17(19)23(26)27/h3-14H,2H2,1H3. The number of fused-ring (bicyclic) bond motifs is 2. The number of amides is 1. The van der Waals surface area contributed by atoms with Crippen molar-refractivity contribution in [2.75, 3.05) is 11.4 Å². The maximum atomic E-state index is 13.0. The number of hydrogen-bond acceptors (Lipinski definition) is 5. The van der Waals surface area contributed by atoms with Gasteiger partial charge in [-0.1, -0.05) is 47.3 Å². The molecule has 0 unspecified atom stereocenters. The van der Waals surface area contributed by atoms with Crippen LogP contribution in [0.25, 0.3) is 22.8 Å². The lowest BCUT2D eigenvalue weighted by atomic mass is 10.1.